The largest absolute Gasteiger partial charge is 0.417 e. The van der Waals surface area contributed by atoms with Crippen molar-refractivity contribution in [1.29, 1.82) is 5.26 Å². The Morgan fingerprint density at radius 2 is 1.86 bits per heavy atom. The number of hydrogen-bond acceptors (Lipinski definition) is 4. The number of anilines is 1. The van der Waals surface area contributed by atoms with Crippen molar-refractivity contribution in [3.05, 3.63) is 53.3 Å². The Hall–Kier alpha value is -2.99. The molecule has 1 atom stereocenters. The standard InChI is InChI=1S/C27H32F3N5O/c1-32-10-4-5-22(32)18-35-19-26(16-24(35)25(36)34-11-2-3-12-34)8-13-33(14-9-26)21-7-6-20(17-31)23(15-21)27(28,29)30/h4-7,10,15,24H,2-3,8-9,11-14,16,18-19H2,1H3. The number of carbonyl (C=O) groups is 1. The minimum atomic E-state index is -4.57. The number of aromatic nitrogens is 1. The van der Waals surface area contributed by atoms with E-state index in [0.717, 1.165) is 57.8 Å². The molecule has 4 heterocycles. The Balaban J connectivity index is 1.33. The van der Waals surface area contributed by atoms with E-state index in [1.807, 2.05) is 29.1 Å². The fourth-order valence-electron chi connectivity index (χ4n) is 6.23. The average Bonchev–Trinajstić information content (AvgIpc) is 3.60. The second kappa shape index (κ2) is 9.47. The number of benzene rings is 1. The van der Waals surface area contributed by atoms with E-state index >= 15 is 0 Å². The second-order valence-corrected chi connectivity index (χ2v) is 10.6. The number of hydrogen-bond donors (Lipinski definition) is 0. The molecule has 0 bridgehead atoms. The summed E-state index contributed by atoms with van der Waals surface area (Å²) in [4.78, 5) is 19.8. The van der Waals surface area contributed by atoms with Crippen LogP contribution in [0.5, 0.6) is 0 Å². The predicted octanol–water partition coefficient (Wildman–Crippen LogP) is 4.40. The number of nitrogens with zero attached hydrogens (tertiary/aromatic N) is 5. The topological polar surface area (TPSA) is 55.5 Å². The molecule has 36 heavy (non-hydrogen) atoms. The third-order valence-electron chi connectivity index (χ3n) is 8.34. The highest BCUT2D eigenvalue weighted by molar-refractivity contribution is 5.82. The molecule has 9 heteroatoms. The molecule has 3 fully saturated rings. The smallest absolute Gasteiger partial charge is 0.371 e. The van der Waals surface area contributed by atoms with Crippen molar-refractivity contribution in [2.75, 3.05) is 37.6 Å². The number of rotatable bonds is 4. The van der Waals surface area contributed by atoms with Crippen LogP contribution < -0.4 is 4.90 Å². The van der Waals surface area contributed by atoms with E-state index in [1.54, 1.807) is 12.1 Å². The van der Waals surface area contributed by atoms with E-state index in [4.69, 9.17) is 5.26 Å². The quantitative estimate of drug-likeness (QED) is 0.626. The normalized spacial score (nSPS) is 22.4. The monoisotopic (exact) mass is 499 g/mol. The summed E-state index contributed by atoms with van der Waals surface area (Å²) in [6, 6.07) is 9.59. The SMILES string of the molecule is Cn1cccc1CN1CC2(CCN(c3ccc(C#N)c(C(F)(F)F)c3)CC2)CC1C(=O)N1CCCC1. The Kier molecular flexibility index (Phi) is 6.50. The van der Waals surface area contributed by atoms with Crippen molar-refractivity contribution in [2.24, 2.45) is 12.5 Å². The molecule has 1 spiro atoms. The van der Waals surface area contributed by atoms with Crippen molar-refractivity contribution in [2.45, 2.75) is 50.9 Å². The van der Waals surface area contributed by atoms with E-state index in [1.165, 1.54) is 11.8 Å². The molecule has 3 aliphatic heterocycles. The summed E-state index contributed by atoms with van der Waals surface area (Å²) in [6.07, 6.45) is 2.00. The lowest BCUT2D eigenvalue weighted by atomic mass is 9.76. The Bertz CT molecular complexity index is 1150. The van der Waals surface area contributed by atoms with Gasteiger partial charge in [-0.15, -0.1) is 0 Å². The highest BCUT2D eigenvalue weighted by Gasteiger charge is 2.49. The van der Waals surface area contributed by atoms with Gasteiger partial charge in [-0.05, 0) is 67.9 Å². The van der Waals surface area contributed by atoms with Gasteiger partial charge < -0.3 is 14.4 Å². The van der Waals surface area contributed by atoms with Crippen LogP contribution in [0.25, 0.3) is 0 Å². The molecule has 6 nitrogen and oxygen atoms in total. The maximum absolute atomic E-state index is 13.5. The molecule has 1 aromatic carbocycles. The van der Waals surface area contributed by atoms with Crippen molar-refractivity contribution in [1.82, 2.24) is 14.4 Å². The summed E-state index contributed by atoms with van der Waals surface area (Å²) < 4.78 is 42.5. The molecule has 2 aromatic rings. The fraction of sp³-hybridized carbons (Fsp3) is 0.556. The zero-order valence-electron chi connectivity index (χ0n) is 20.6. The van der Waals surface area contributed by atoms with Gasteiger partial charge in [-0.25, -0.2) is 0 Å². The van der Waals surface area contributed by atoms with Crippen LogP contribution in [0.1, 0.15) is 48.9 Å². The maximum atomic E-state index is 13.5. The van der Waals surface area contributed by atoms with Crippen molar-refractivity contribution < 1.29 is 18.0 Å². The van der Waals surface area contributed by atoms with Gasteiger partial charge in [0, 0.05) is 63.9 Å². The van der Waals surface area contributed by atoms with E-state index in [-0.39, 0.29) is 22.9 Å². The van der Waals surface area contributed by atoms with Gasteiger partial charge in [-0.2, -0.15) is 18.4 Å². The highest BCUT2D eigenvalue weighted by atomic mass is 19.4. The second-order valence-electron chi connectivity index (χ2n) is 10.6. The first-order valence-corrected chi connectivity index (χ1v) is 12.7. The zero-order valence-corrected chi connectivity index (χ0v) is 20.6. The number of carbonyl (C=O) groups excluding carboxylic acids is 1. The van der Waals surface area contributed by atoms with Gasteiger partial charge in [-0.1, -0.05) is 0 Å². The molecule has 0 radical (unpaired) electrons. The lowest BCUT2D eigenvalue weighted by Gasteiger charge is -2.40. The van der Waals surface area contributed by atoms with Gasteiger partial charge >= 0.3 is 6.18 Å². The molecular weight excluding hydrogens is 467 g/mol. The first-order chi connectivity index (χ1) is 17.2. The van der Waals surface area contributed by atoms with Crippen LogP contribution in [0.2, 0.25) is 0 Å². The molecule has 3 aliphatic rings. The third kappa shape index (κ3) is 4.71. The minimum absolute atomic E-state index is 0.0266. The summed E-state index contributed by atoms with van der Waals surface area (Å²) in [5.41, 5.74) is 0.408. The summed E-state index contributed by atoms with van der Waals surface area (Å²) >= 11 is 0. The molecule has 3 saturated heterocycles. The summed E-state index contributed by atoms with van der Waals surface area (Å²) in [7, 11) is 2.02. The van der Waals surface area contributed by atoms with E-state index in [2.05, 4.69) is 15.5 Å². The first kappa shape index (κ1) is 24.7. The molecule has 1 amide bonds. The number of piperidine rings is 1. The molecular formula is C27H32F3N5O. The zero-order chi connectivity index (χ0) is 25.5. The molecule has 1 unspecified atom stereocenters. The molecule has 0 saturated carbocycles. The molecule has 1 aromatic heterocycles. The number of alkyl halides is 3. The van der Waals surface area contributed by atoms with Gasteiger partial charge in [-0.3, -0.25) is 9.69 Å². The van der Waals surface area contributed by atoms with Gasteiger partial charge in [0.05, 0.1) is 23.2 Å². The van der Waals surface area contributed by atoms with E-state index < -0.39 is 11.7 Å². The van der Waals surface area contributed by atoms with Crippen LogP contribution in [0.15, 0.2) is 36.5 Å². The van der Waals surface area contributed by atoms with Crippen molar-refractivity contribution in [3.8, 4) is 6.07 Å². The molecule has 0 N–H and O–H groups in total. The van der Waals surface area contributed by atoms with Gasteiger partial charge in [0.1, 0.15) is 0 Å². The van der Waals surface area contributed by atoms with Crippen molar-refractivity contribution >= 4 is 11.6 Å². The lowest BCUT2D eigenvalue weighted by molar-refractivity contribution is -0.138. The van der Waals surface area contributed by atoms with E-state index in [9.17, 15) is 18.0 Å². The van der Waals surface area contributed by atoms with Gasteiger partial charge in [0.2, 0.25) is 5.91 Å². The Morgan fingerprint density at radius 1 is 1.14 bits per heavy atom. The predicted molar refractivity (Wildman–Crippen MR) is 130 cm³/mol. The number of halogens is 3. The summed E-state index contributed by atoms with van der Waals surface area (Å²) in [5.74, 6) is 0.225. The van der Waals surface area contributed by atoms with E-state index in [0.29, 0.717) is 25.3 Å². The summed E-state index contributed by atoms with van der Waals surface area (Å²) in [5, 5.41) is 9.10. The molecule has 5 rings (SSSR count). The first-order valence-electron chi connectivity index (χ1n) is 12.7. The molecule has 0 aliphatic carbocycles. The number of likely N-dealkylation sites (tertiary alicyclic amines) is 2. The number of amides is 1. The van der Waals surface area contributed by atoms with Crippen LogP contribution in [-0.2, 0) is 24.6 Å². The maximum Gasteiger partial charge on any atom is 0.417 e. The Labute approximate surface area is 209 Å². The van der Waals surface area contributed by atoms with Crippen LogP contribution in [0.3, 0.4) is 0 Å². The minimum Gasteiger partial charge on any atom is -0.371 e. The number of nitriles is 1. The molecule has 192 valence electrons. The van der Waals surface area contributed by atoms with Crippen LogP contribution in [-0.4, -0.2) is 59.0 Å². The number of aryl methyl sites for hydroxylation is 1. The van der Waals surface area contributed by atoms with Gasteiger partial charge in [0.25, 0.3) is 0 Å². The lowest BCUT2D eigenvalue weighted by Crippen LogP contribution is -2.44. The van der Waals surface area contributed by atoms with Gasteiger partial charge in [0.15, 0.2) is 0 Å². The van der Waals surface area contributed by atoms with Crippen LogP contribution in [0.4, 0.5) is 18.9 Å². The third-order valence-corrected chi connectivity index (χ3v) is 8.34. The summed E-state index contributed by atoms with van der Waals surface area (Å²) in [6.45, 7) is 4.45. The Morgan fingerprint density at radius 3 is 2.47 bits per heavy atom. The fourth-order valence-corrected chi connectivity index (χ4v) is 6.23. The van der Waals surface area contributed by atoms with Crippen molar-refractivity contribution in [3.63, 3.8) is 0 Å². The van der Waals surface area contributed by atoms with Crippen LogP contribution in [0, 0.1) is 16.7 Å². The average molecular weight is 500 g/mol. The highest BCUT2D eigenvalue weighted by Crippen LogP contribution is 2.45. The van der Waals surface area contributed by atoms with Crippen LogP contribution >= 0.6 is 0 Å².